The van der Waals surface area contributed by atoms with Crippen LogP contribution in [-0.4, -0.2) is 15.5 Å². The zero-order valence-electron chi connectivity index (χ0n) is 5.89. The quantitative estimate of drug-likeness (QED) is 0.608. The van der Waals surface area contributed by atoms with Crippen molar-refractivity contribution in [3.63, 3.8) is 0 Å². The maximum atomic E-state index is 12.6. The van der Waals surface area contributed by atoms with E-state index in [9.17, 15) is 4.39 Å². The Morgan fingerprint density at radius 3 is 2.90 bits per heavy atom. The first-order valence-electron chi connectivity index (χ1n) is 2.98. The van der Waals surface area contributed by atoms with E-state index in [2.05, 4.69) is 11.3 Å². The summed E-state index contributed by atoms with van der Waals surface area (Å²) in [5, 5.41) is 4.19. The van der Waals surface area contributed by atoms with Crippen LogP contribution in [0.5, 0.6) is 0 Å². The average molecular weight is 159 g/mol. The molecule has 0 saturated heterocycles. The fourth-order valence-electron chi connectivity index (χ4n) is 0.648. The van der Waals surface area contributed by atoms with E-state index in [1.165, 1.54) is 16.4 Å². The Hall–Kier alpha value is -0.510. The fourth-order valence-corrected chi connectivity index (χ4v) is 1.32. The number of aryl methyl sites for hydroxylation is 1. The Balaban J connectivity index is 2.87. The lowest BCUT2D eigenvalue weighted by Gasteiger charge is -1.96. The van der Waals surface area contributed by atoms with Gasteiger partial charge in [0.15, 0.2) is 12.0 Å². The zero-order chi connectivity index (χ0) is 7.56. The highest BCUT2D eigenvalue weighted by Crippen LogP contribution is 2.18. The number of hydrogen-bond acceptors (Lipinski definition) is 2. The molecule has 2 nitrogen and oxygen atoms in total. The van der Waals surface area contributed by atoms with Crippen LogP contribution in [0.3, 0.4) is 0 Å². The summed E-state index contributed by atoms with van der Waals surface area (Å²) in [6.07, 6.45) is 2.25. The summed E-state index contributed by atoms with van der Waals surface area (Å²) < 4.78 is 14.1. The molecule has 0 N–H and O–H groups in total. The van der Waals surface area contributed by atoms with Crippen LogP contribution in [0.25, 0.3) is 0 Å². The third-order valence-electron chi connectivity index (χ3n) is 1.06. The van der Waals surface area contributed by atoms with Gasteiger partial charge in [0.2, 0.25) is 0 Å². The Morgan fingerprint density at radius 2 is 2.50 bits per heavy atom. The zero-order valence-corrected chi connectivity index (χ0v) is 6.70. The maximum Gasteiger partial charge on any atom is 0.184 e. The molecule has 10 heavy (non-hydrogen) atoms. The maximum absolute atomic E-state index is 12.6. The van der Waals surface area contributed by atoms with Gasteiger partial charge >= 0.3 is 0 Å². The molecule has 0 amide bonds. The highest BCUT2D eigenvalue weighted by molar-refractivity contribution is 7.99. The first-order chi connectivity index (χ1) is 4.75. The first-order valence-corrected chi connectivity index (χ1v) is 3.97. The normalized spacial score (nSPS) is 10.3. The van der Waals surface area contributed by atoms with Crippen LogP contribution < -0.4 is 0 Å². The van der Waals surface area contributed by atoms with Crippen molar-refractivity contribution >= 4 is 11.8 Å². The second kappa shape index (κ2) is 3.05. The van der Waals surface area contributed by atoms with Crippen LogP contribution in [-0.2, 0) is 7.05 Å². The van der Waals surface area contributed by atoms with E-state index in [1.807, 2.05) is 6.92 Å². The van der Waals surface area contributed by atoms with Crippen LogP contribution in [0.15, 0.2) is 5.03 Å². The van der Waals surface area contributed by atoms with E-state index in [0.29, 0.717) is 5.03 Å². The van der Waals surface area contributed by atoms with Gasteiger partial charge in [0.25, 0.3) is 0 Å². The van der Waals surface area contributed by atoms with Crippen molar-refractivity contribution in [1.29, 1.82) is 0 Å². The molecule has 1 aromatic heterocycles. The lowest BCUT2D eigenvalue weighted by atomic mass is 10.7. The molecule has 0 aromatic carbocycles. The van der Waals surface area contributed by atoms with Gasteiger partial charge in [0, 0.05) is 7.05 Å². The van der Waals surface area contributed by atoms with E-state index in [0.717, 1.165) is 5.75 Å². The minimum absolute atomic E-state index is 0.352. The number of rotatable bonds is 2. The smallest absolute Gasteiger partial charge is 0.184 e. The molecule has 0 spiro atoms. The minimum atomic E-state index is -0.352. The van der Waals surface area contributed by atoms with Gasteiger partial charge in [-0.05, 0) is 5.75 Å². The molecule has 0 aliphatic rings. The van der Waals surface area contributed by atoms with Crippen molar-refractivity contribution < 1.29 is 4.39 Å². The van der Waals surface area contributed by atoms with Crippen molar-refractivity contribution in [3.05, 3.63) is 12.0 Å². The van der Waals surface area contributed by atoms with E-state index in [1.54, 1.807) is 7.05 Å². The Morgan fingerprint density at radius 1 is 1.80 bits per heavy atom. The van der Waals surface area contributed by atoms with Crippen LogP contribution in [0.1, 0.15) is 6.92 Å². The van der Waals surface area contributed by atoms with Gasteiger partial charge in [-0.2, -0.15) is 5.10 Å². The van der Waals surface area contributed by atoms with Gasteiger partial charge in [-0.25, -0.2) is 4.39 Å². The number of aromatic nitrogens is 2. The minimum Gasteiger partial charge on any atom is -0.258 e. The summed E-state index contributed by atoms with van der Waals surface area (Å²) in [5.74, 6) is 0.499. The topological polar surface area (TPSA) is 17.8 Å². The Bertz CT molecular complexity index is 202. The molecule has 0 bridgehead atoms. The van der Waals surface area contributed by atoms with Crippen LogP contribution >= 0.6 is 11.8 Å². The van der Waals surface area contributed by atoms with E-state index >= 15 is 0 Å². The van der Waals surface area contributed by atoms with E-state index < -0.39 is 0 Å². The largest absolute Gasteiger partial charge is 0.258 e. The molecule has 1 rings (SSSR count). The van der Waals surface area contributed by atoms with Gasteiger partial charge in [0.1, 0.15) is 5.03 Å². The number of hydrogen-bond donors (Lipinski definition) is 0. The van der Waals surface area contributed by atoms with Gasteiger partial charge in [-0.15, -0.1) is 11.8 Å². The third-order valence-corrected chi connectivity index (χ3v) is 2.07. The monoisotopic (exact) mass is 159 g/mol. The molecule has 0 aliphatic heterocycles. The summed E-state index contributed by atoms with van der Waals surface area (Å²) in [5.41, 5.74) is 0. The predicted octanol–water partition coefficient (Wildman–Crippen LogP) is 1.47. The number of thioether (sulfide) groups is 1. The number of halogens is 1. The predicted molar refractivity (Wildman–Crippen MR) is 38.4 cm³/mol. The molecular weight excluding hydrogens is 151 g/mol. The molecule has 55 valence electrons. The second-order valence-electron chi connectivity index (χ2n) is 1.79. The molecular formula is C6H8FN2S. The summed E-state index contributed by atoms with van der Waals surface area (Å²) in [4.78, 5) is 0. The van der Waals surface area contributed by atoms with Crippen molar-refractivity contribution in [2.24, 2.45) is 7.05 Å². The molecule has 0 atom stereocenters. The van der Waals surface area contributed by atoms with Gasteiger partial charge < -0.3 is 0 Å². The summed E-state index contributed by atoms with van der Waals surface area (Å²) in [6.45, 7) is 1.97. The van der Waals surface area contributed by atoms with Crippen molar-refractivity contribution in [1.82, 2.24) is 9.78 Å². The van der Waals surface area contributed by atoms with Crippen molar-refractivity contribution in [2.75, 3.05) is 5.75 Å². The molecule has 1 heterocycles. The van der Waals surface area contributed by atoms with Gasteiger partial charge in [-0.3, -0.25) is 4.68 Å². The Labute approximate surface area is 63.4 Å². The lowest BCUT2D eigenvalue weighted by molar-refractivity contribution is 0.579. The van der Waals surface area contributed by atoms with Crippen molar-refractivity contribution in [2.45, 2.75) is 11.9 Å². The highest BCUT2D eigenvalue weighted by atomic mass is 32.2. The molecule has 0 fully saturated rings. The van der Waals surface area contributed by atoms with E-state index in [-0.39, 0.29) is 5.82 Å². The van der Waals surface area contributed by atoms with Crippen molar-refractivity contribution in [3.8, 4) is 0 Å². The Kier molecular flexibility index (Phi) is 2.32. The summed E-state index contributed by atoms with van der Waals surface area (Å²) in [7, 11) is 1.71. The molecule has 0 saturated carbocycles. The second-order valence-corrected chi connectivity index (χ2v) is 3.04. The molecule has 4 heteroatoms. The number of nitrogens with zero attached hydrogens (tertiary/aromatic N) is 2. The summed E-state index contributed by atoms with van der Waals surface area (Å²) in [6, 6.07) is 0. The summed E-state index contributed by atoms with van der Waals surface area (Å²) >= 11 is 1.43. The van der Waals surface area contributed by atoms with Crippen LogP contribution in [0.4, 0.5) is 4.39 Å². The highest BCUT2D eigenvalue weighted by Gasteiger charge is 2.06. The first kappa shape index (κ1) is 7.60. The fraction of sp³-hybridized carbons (Fsp3) is 0.500. The van der Waals surface area contributed by atoms with Gasteiger partial charge in [-0.1, -0.05) is 6.92 Å². The SMILES string of the molecule is CCSc1c(F)[c]nn1C. The third kappa shape index (κ3) is 1.31. The van der Waals surface area contributed by atoms with E-state index in [4.69, 9.17) is 0 Å². The van der Waals surface area contributed by atoms with Gasteiger partial charge in [0.05, 0.1) is 0 Å². The molecule has 1 radical (unpaired) electrons. The molecule has 1 aromatic rings. The standard InChI is InChI=1S/C6H8FN2S/c1-3-10-6-5(7)4-8-9(6)2/h3H2,1-2H3. The molecule has 0 aliphatic carbocycles. The van der Waals surface area contributed by atoms with Crippen LogP contribution in [0.2, 0.25) is 0 Å². The van der Waals surface area contributed by atoms with Crippen LogP contribution in [0, 0.1) is 12.0 Å². The average Bonchev–Trinajstić information content (AvgIpc) is 2.20. The molecule has 0 unspecified atom stereocenters. The lowest BCUT2D eigenvalue weighted by Crippen LogP contribution is -1.92.